The maximum Gasteiger partial charge on any atom is 0.171 e. The van der Waals surface area contributed by atoms with Gasteiger partial charge >= 0.3 is 0 Å². The highest BCUT2D eigenvalue weighted by atomic mass is 32.2. The number of fused-ring (bicyclic) bond motifs is 2. The largest absolute Gasteiger partial charge is 0.398 e. The fraction of sp³-hybridized carbons (Fsp3) is 0.0667. The van der Waals surface area contributed by atoms with E-state index in [0.29, 0.717) is 0 Å². The summed E-state index contributed by atoms with van der Waals surface area (Å²) in [5.41, 5.74) is 9.90. The van der Waals surface area contributed by atoms with Gasteiger partial charge in [0.25, 0.3) is 0 Å². The lowest BCUT2D eigenvalue weighted by Crippen LogP contribution is -1.88. The van der Waals surface area contributed by atoms with Crippen LogP contribution in [-0.4, -0.2) is 15.0 Å². The molecule has 2 aromatic heterocycles. The average Bonchev–Trinajstić information content (AvgIpc) is 3.00. The van der Waals surface area contributed by atoms with E-state index in [4.69, 9.17) is 5.73 Å². The molecule has 104 valence electrons. The summed E-state index contributed by atoms with van der Waals surface area (Å²) in [6, 6.07) is 12.0. The Kier molecular flexibility index (Phi) is 2.87. The number of aromatic nitrogens is 3. The fourth-order valence-electron chi connectivity index (χ4n) is 2.26. The van der Waals surface area contributed by atoms with Crippen molar-refractivity contribution in [3.8, 4) is 0 Å². The van der Waals surface area contributed by atoms with Crippen molar-refractivity contribution in [2.24, 2.45) is 0 Å². The molecular weight excluding hydrogens is 300 g/mol. The maximum atomic E-state index is 6.15. The predicted octanol–water partition coefficient (Wildman–Crippen LogP) is 4.21. The molecule has 0 spiro atoms. The molecular formula is C15H12N4S2. The number of aryl methyl sites for hydroxylation is 1. The van der Waals surface area contributed by atoms with Crippen molar-refractivity contribution in [2.45, 2.75) is 17.0 Å². The van der Waals surface area contributed by atoms with Gasteiger partial charge in [0.1, 0.15) is 0 Å². The van der Waals surface area contributed by atoms with Gasteiger partial charge in [-0.25, -0.2) is 9.97 Å². The first kappa shape index (κ1) is 12.7. The number of H-pyrrole nitrogens is 1. The van der Waals surface area contributed by atoms with Crippen molar-refractivity contribution >= 4 is 50.0 Å². The summed E-state index contributed by atoms with van der Waals surface area (Å²) in [5, 5.41) is 1.89. The second kappa shape index (κ2) is 4.75. The highest BCUT2D eigenvalue weighted by Crippen LogP contribution is 2.35. The fourth-order valence-corrected chi connectivity index (χ4v) is 3.97. The van der Waals surface area contributed by atoms with Crippen LogP contribution in [0.2, 0.25) is 0 Å². The van der Waals surface area contributed by atoms with Crippen molar-refractivity contribution in [2.75, 3.05) is 5.73 Å². The van der Waals surface area contributed by atoms with Gasteiger partial charge in [0.15, 0.2) is 5.16 Å². The lowest BCUT2D eigenvalue weighted by molar-refractivity contribution is 1.08. The van der Waals surface area contributed by atoms with E-state index in [2.05, 4.69) is 15.0 Å². The molecule has 4 nitrogen and oxygen atoms in total. The van der Waals surface area contributed by atoms with Crippen LogP contribution in [0.25, 0.3) is 21.3 Å². The summed E-state index contributed by atoms with van der Waals surface area (Å²) in [6.45, 7) is 2.01. The van der Waals surface area contributed by atoms with Gasteiger partial charge in [0.2, 0.25) is 0 Å². The van der Waals surface area contributed by atoms with Gasteiger partial charge in [-0.05, 0) is 43.0 Å². The second-order valence-electron chi connectivity index (χ2n) is 4.75. The number of anilines is 1. The predicted molar refractivity (Wildman–Crippen MR) is 89.0 cm³/mol. The zero-order valence-corrected chi connectivity index (χ0v) is 12.9. The first-order chi connectivity index (χ1) is 10.2. The molecule has 2 heterocycles. The van der Waals surface area contributed by atoms with E-state index in [0.717, 1.165) is 42.0 Å². The lowest BCUT2D eigenvalue weighted by atomic mass is 10.3. The minimum Gasteiger partial charge on any atom is -0.398 e. The number of nitrogens with two attached hydrogens (primary N) is 1. The molecule has 4 rings (SSSR count). The van der Waals surface area contributed by atoms with Gasteiger partial charge in [-0.15, -0.1) is 11.3 Å². The van der Waals surface area contributed by atoms with Crippen LogP contribution in [0.5, 0.6) is 0 Å². The van der Waals surface area contributed by atoms with Gasteiger partial charge in [-0.3, -0.25) is 0 Å². The summed E-state index contributed by atoms with van der Waals surface area (Å²) >= 11 is 3.20. The summed E-state index contributed by atoms with van der Waals surface area (Å²) in [4.78, 5) is 13.4. The number of imidazole rings is 1. The Labute approximate surface area is 129 Å². The molecule has 0 amide bonds. The van der Waals surface area contributed by atoms with Crippen LogP contribution in [0.3, 0.4) is 0 Å². The zero-order chi connectivity index (χ0) is 14.4. The summed E-state index contributed by atoms with van der Waals surface area (Å²) in [7, 11) is 0. The number of nitrogen functional groups attached to an aromatic ring is 1. The summed E-state index contributed by atoms with van der Waals surface area (Å²) in [5.74, 6) is 0. The van der Waals surface area contributed by atoms with Gasteiger partial charge in [-0.1, -0.05) is 12.1 Å². The number of benzene rings is 2. The molecule has 0 saturated heterocycles. The normalized spacial score (nSPS) is 11.5. The van der Waals surface area contributed by atoms with E-state index in [1.807, 2.05) is 43.3 Å². The van der Waals surface area contributed by atoms with E-state index in [1.165, 1.54) is 11.8 Å². The van der Waals surface area contributed by atoms with E-state index in [1.54, 1.807) is 11.3 Å². The van der Waals surface area contributed by atoms with Gasteiger partial charge < -0.3 is 10.7 Å². The van der Waals surface area contributed by atoms with Crippen molar-refractivity contribution < 1.29 is 0 Å². The molecule has 0 unspecified atom stereocenters. The maximum absolute atomic E-state index is 6.15. The van der Waals surface area contributed by atoms with E-state index in [-0.39, 0.29) is 0 Å². The smallest absolute Gasteiger partial charge is 0.171 e. The van der Waals surface area contributed by atoms with Crippen molar-refractivity contribution in [1.82, 2.24) is 15.0 Å². The molecule has 0 saturated carbocycles. The van der Waals surface area contributed by atoms with Crippen LogP contribution in [-0.2, 0) is 0 Å². The third-order valence-corrected chi connectivity index (χ3v) is 5.09. The van der Waals surface area contributed by atoms with E-state index >= 15 is 0 Å². The zero-order valence-electron chi connectivity index (χ0n) is 11.3. The number of para-hydroxylation sites is 2. The number of nitrogens with one attached hydrogen (secondary N) is 1. The molecule has 0 aliphatic heterocycles. The minimum absolute atomic E-state index is 0.761. The molecule has 3 N–H and O–H groups in total. The Balaban J connectivity index is 1.77. The monoisotopic (exact) mass is 312 g/mol. The Morgan fingerprint density at radius 2 is 2.00 bits per heavy atom. The first-order valence-corrected chi connectivity index (χ1v) is 8.11. The Morgan fingerprint density at radius 1 is 1.14 bits per heavy atom. The summed E-state index contributed by atoms with van der Waals surface area (Å²) < 4.78 is 1.12. The molecule has 0 aliphatic rings. The number of aromatic amines is 1. The quantitative estimate of drug-likeness (QED) is 0.544. The Hall–Kier alpha value is -2.05. The summed E-state index contributed by atoms with van der Waals surface area (Å²) in [6.07, 6.45) is 0. The van der Waals surface area contributed by atoms with Crippen LogP contribution in [0, 0.1) is 6.92 Å². The number of hydrogen-bond acceptors (Lipinski definition) is 5. The lowest BCUT2D eigenvalue weighted by Gasteiger charge is -2.02. The molecule has 0 bridgehead atoms. The van der Waals surface area contributed by atoms with E-state index < -0.39 is 0 Å². The number of hydrogen-bond donors (Lipinski definition) is 2. The van der Waals surface area contributed by atoms with Crippen molar-refractivity contribution in [1.29, 1.82) is 0 Å². The van der Waals surface area contributed by atoms with Crippen LogP contribution in [0.15, 0.2) is 46.5 Å². The van der Waals surface area contributed by atoms with Crippen LogP contribution < -0.4 is 5.73 Å². The van der Waals surface area contributed by atoms with Crippen LogP contribution in [0.1, 0.15) is 5.01 Å². The standard InChI is InChI=1S/C15H12N4S2/c1-8-17-12-7-13(9(16)6-14(12)20-8)21-15-18-10-4-2-3-5-11(10)19-15/h2-7H,16H2,1H3,(H,18,19). The molecule has 21 heavy (non-hydrogen) atoms. The Morgan fingerprint density at radius 3 is 2.86 bits per heavy atom. The molecule has 0 radical (unpaired) electrons. The molecule has 0 atom stereocenters. The van der Waals surface area contributed by atoms with Crippen LogP contribution in [0.4, 0.5) is 5.69 Å². The highest BCUT2D eigenvalue weighted by Gasteiger charge is 2.10. The van der Waals surface area contributed by atoms with E-state index in [9.17, 15) is 0 Å². The molecule has 4 aromatic rings. The average molecular weight is 312 g/mol. The van der Waals surface area contributed by atoms with Gasteiger partial charge in [-0.2, -0.15) is 0 Å². The topological polar surface area (TPSA) is 67.6 Å². The van der Waals surface area contributed by atoms with Crippen molar-refractivity contribution in [3.05, 3.63) is 41.4 Å². The molecule has 0 aliphatic carbocycles. The van der Waals surface area contributed by atoms with Crippen molar-refractivity contribution in [3.63, 3.8) is 0 Å². The van der Waals surface area contributed by atoms with Gasteiger partial charge in [0, 0.05) is 10.6 Å². The molecule has 2 aromatic carbocycles. The first-order valence-electron chi connectivity index (χ1n) is 6.48. The minimum atomic E-state index is 0.761. The third kappa shape index (κ3) is 2.26. The van der Waals surface area contributed by atoms with Crippen LogP contribution >= 0.6 is 23.1 Å². The van der Waals surface area contributed by atoms with Gasteiger partial charge in [0.05, 0.1) is 26.3 Å². The number of rotatable bonds is 2. The highest BCUT2D eigenvalue weighted by molar-refractivity contribution is 7.99. The molecule has 0 fully saturated rings. The second-order valence-corrected chi connectivity index (χ2v) is 7.02. The number of nitrogens with zero attached hydrogens (tertiary/aromatic N) is 2. The third-order valence-electron chi connectivity index (χ3n) is 3.20. The molecule has 6 heteroatoms. The SMILES string of the molecule is Cc1nc2cc(Sc3nc4ccccc4[nH]3)c(N)cc2s1. The Bertz CT molecular complexity index is 922. The number of thiazole rings is 1.